The van der Waals surface area contributed by atoms with Crippen LogP contribution in [0, 0.1) is 11.2 Å². The molecule has 0 aromatic heterocycles. The molecule has 86 valence electrons. The first-order valence-corrected chi connectivity index (χ1v) is 6.21. The minimum Gasteiger partial charge on any atom is -0.333 e. The average Bonchev–Trinajstić information content (AvgIpc) is 2.71. The summed E-state index contributed by atoms with van der Waals surface area (Å²) in [4.78, 5) is 13.7. The van der Waals surface area contributed by atoms with E-state index in [0.29, 0.717) is 12.1 Å². The molecule has 1 unspecified atom stereocenters. The number of amides is 2. The van der Waals surface area contributed by atoms with Crippen molar-refractivity contribution in [1.29, 1.82) is 5.26 Å². The lowest BCUT2D eigenvalue weighted by Gasteiger charge is -2.31. The van der Waals surface area contributed by atoms with Gasteiger partial charge in [0, 0.05) is 24.6 Å². The van der Waals surface area contributed by atoms with Crippen molar-refractivity contribution in [1.82, 2.24) is 10.2 Å². The Morgan fingerprint density at radius 3 is 2.75 bits per heavy atom. The second-order valence-electron chi connectivity index (χ2n) is 4.84. The fourth-order valence-corrected chi connectivity index (χ4v) is 2.69. The van der Waals surface area contributed by atoms with E-state index in [-0.39, 0.29) is 12.7 Å². The summed E-state index contributed by atoms with van der Waals surface area (Å²) in [6.07, 6.45) is 4.86. The highest BCUT2D eigenvalue weighted by atomic mass is 16.2. The fraction of sp³-hybridized carbons (Fsp3) is 0.818. The van der Waals surface area contributed by atoms with Gasteiger partial charge in [0.2, 0.25) is 0 Å². The smallest absolute Gasteiger partial charge is 0.317 e. The van der Waals surface area contributed by atoms with Gasteiger partial charge in [-0.2, -0.15) is 0 Å². The lowest BCUT2D eigenvalue weighted by molar-refractivity contribution is 0.191. The van der Waals surface area contributed by atoms with Crippen molar-refractivity contribution in [2.24, 2.45) is 0 Å². The van der Waals surface area contributed by atoms with Crippen LogP contribution in [0.25, 0.3) is 0 Å². The molecule has 2 aliphatic rings. The van der Waals surface area contributed by atoms with Crippen molar-refractivity contribution in [2.45, 2.75) is 50.9 Å². The maximum absolute atomic E-state index is 11.7. The highest BCUT2D eigenvalue weighted by Crippen LogP contribution is 2.25. The van der Waals surface area contributed by atoms with Gasteiger partial charge < -0.3 is 10.2 Å². The fourth-order valence-electron chi connectivity index (χ4n) is 2.69. The third-order valence-electron chi connectivity index (χ3n) is 3.82. The minimum atomic E-state index is 0.0901. The van der Waals surface area contributed by atoms with Crippen molar-refractivity contribution in [3.63, 3.8) is 0 Å². The minimum absolute atomic E-state index is 0.0901. The van der Waals surface area contributed by atoms with E-state index in [1.807, 2.05) is 4.90 Å². The third-order valence-corrected chi connectivity index (χ3v) is 3.82. The highest BCUT2D eigenvalue weighted by molar-refractivity contribution is 6.67. The van der Waals surface area contributed by atoms with E-state index >= 15 is 0 Å². The zero-order valence-electron chi connectivity index (χ0n) is 9.78. The van der Waals surface area contributed by atoms with Gasteiger partial charge in [0.25, 0.3) is 6.71 Å². The van der Waals surface area contributed by atoms with Crippen LogP contribution >= 0.6 is 0 Å². The number of hydrogen-bond donors (Lipinski definition) is 1. The molecule has 1 atom stereocenters. The van der Waals surface area contributed by atoms with E-state index in [4.69, 9.17) is 5.26 Å². The normalized spacial score (nSPS) is 26.8. The van der Waals surface area contributed by atoms with Gasteiger partial charge in [-0.25, -0.2) is 10.1 Å². The summed E-state index contributed by atoms with van der Waals surface area (Å²) in [5.41, 5.74) is 0. The molecule has 16 heavy (non-hydrogen) atoms. The van der Waals surface area contributed by atoms with E-state index in [2.05, 4.69) is 18.2 Å². The molecular formula is C11H18BN3O. The quantitative estimate of drug-likeness (QED) is 0.715. The molecule has 0 aromatic carbocycles. The Bertz CT molecular complexity index is 307. The maximum Gasteiger partial charge on any atom is 0.317 e. The van der Waals surface area contributed by atoms with Crippen molar-refractivity contribution in [3.05, 3.63) is 0 Å². The number of urea groups is 1. The second kappa shape index (κ2) is 4.77. The maximum atomic E-state index is 11.7. The summed E-state index contributed by atoms with van der Waals surface area (Å²) >= 11 is 0. The van der Waals surface area contributed by atoms with Crippen LogP contribution in [-0.4, -0.2) is 36.3 Å². The van der Waals surface area contributed by atoms with Crippen LogP contribution in [-0.2, 0) is 0 Å². The van der Waals surface area contributed by atoms with Crippen molar-refractivity contribution in [3.8, 4) is 5.97 Å². The van der Waals surface area contributed by atoms with E-state index in [1.54, 1.807) is 0 Å². The molecule has 2 heterocycles. The molecule has 2 rings (SSSR count). The molecule has 1 N–H and O–H groups in total. The van der Waals surface area contributed by atoms with Crippen LogP contribution in [0.15, 0.2) is 0 Å². The molecule has 4 nitrogen and oxygen atoms in total. The van der Waals surface area contributed by atoms with E-state index in [1.165, 1.54) is 0 Å². The Morgan fingerprint density at radius 2 is 2.25 bits per heavy atom. The van der Waals surface area contributed by atoms with Gasteiger partial charge in [-0.1, -0.05) is 19.6 Å². The van der Waals surface area contributed by atoms with Gasteiger partial charge in [0.15, 0.2) is 0 Å². The van der Waals surface area contributed by atoms with Crippen LogP contribution in [0.5, 0.6) is 0 Å². The number of nitriles is 1. The monoisotopic (exact) mass is 219 g/mol. The van der Waals surface area contributed by atoms with Crippen LogP contribution in [0.3, 0.4) is 0 Å². The lowest BCUT2D eigenvalue weighted by Crippen LogP contribution is -2.41. The molecule has 0 aromatic rings. The van der Waals surface area contributed by atoms with Gasteiger partial charge in [-0.15, -0.1) is 0 Å². The topological polar surface area (TPSA) is 56.1 Å². The summed E-state index contributed by atoms with van der Waals surface area (Å²) in [6.45, 7) is 3.15. The first-order valence-electron chi connectivity index (χ1n) is 6.21. The average molecular weight is 219 g/mol. The SMILES string of the molecule is CCC1CN(C2CCB(C#N)CC2)C(=O)N1. The first kappa shape index (κ1) is 11.3. The predicted molar refractivity (Wildman–Crippen MR) is 63.3 cm³/mol. The number of carbonyl (C=O) groups is 1. The van der Waals surface area contributed by atoms with Crippen molar-refractivity contribution >= 4 is 12.7 Å². The number of nitrogens with one attached hydrogen (secondary N) is 1. The molecule has 0 aliphatic carbocycles. The molecule has 0 saturated carbocycles. The number of carbonyl (C=O) groups excluding carboxylic acids is 1. The van der Waals surface area contributed by atoms with Crippen LogP contribution < -0.4 is 5.32 Å². The van der Waals surface area contributed by atoms with Gasteiger partial charge in [-0.05, 0) is 19.3 Å². The Labute approximate surface area is 97.1 Å². The molecule has 0 bridgehead atoms. The summed E-state index contributed by atoms with van der Waals surface area (Å²) in [6, 6.07) is 0.773. The first-order chi connectivity index (χ1) is 7.74. The Balaban J connectivity index is 1.90. The van der Waals surface area contributed by atoms with Crippen LogP contribution in [0.1, 0.15) is 26.2 Å². The molecule has 5 heteroatoms. The summed E-state index contributed by atoms with van der Waals surface area (Å²) in [7, 11) is 0. The van der Waals surface area contributed by atoms with Crippen LogP contribution in [0.4, 0.5) is 4.79 Å². The predicted octanol–water partition coefficient (Wildman–Crippen LogP) is 1.51. The lowest BCUT2D eigenvalue weighted by atomic mass is 9.42. The highest BCUT2D eigenvalue weighted by Gasteiger charge is 2.35. The Morgan fingerprint density at radius 1 is 1.56 bits per heavy atom. The third kappa shape index (κ3) is 2.16. The molecule has 0 spiro atoms. The van der Waals surface area contributed by atoms with Crippen LogP contribution in [0.2, 0.25) is 12.6 Å². The molecule has 2 saturated heterocycles. The largest absolute Gasteiger partial charge is 0.333 e. The molecule has 2 fully saturated rings. The number of hydrogen-bond acceptors (Lipinski definition) is 2. The zero-order valence-corrected chi connectivity index (χ0v) is 9.78. The summed E-state index contributed by atoms with van der Waals surface area (Å²) in [5.74, 6) is 2.33. The molecule has 2 amide bonds. The summed E-state index contributed by atoms with van der Waals surface area (Å²) in [5, 5.41) is 11.8. The molecule has 0 radical (unpaired) electrons. The summed E-state index contributed by atoms with van der Waals surface area (Å²) < 4.78 is 0. The molecular weight excluding hydrogens is 201 g/mol. The van der Waals surface area contributed by atoms with E-state index < -0.39 is 0 Å². The number of nitrogens with zero attached hydrogens (tertiary/aromatic N) is 2. The number of rotatable bonds is 2. The van der Waals surface area contributed by atoms with Gasteiger partial charge in [-0.3, -0.25) is 0 Å². The Kier molecular flexibility index (Phi) is 3.38. The Hall–Kier alpha value is -1.18. The standard InChI is InChI=1S/C11H18BN3O/c1-2-9-7-15(11(16)14-9)10-3-5-12(8-13)6-4-10/h9-10H,2-7H2,1H3,(H,14,16). The van der Waals surface area contributed by atoms with Gasteiger partial charge in [0.1, 0.15) is 0 Å². The van der Waals surface area contributed by atoms with Crippen molar-refractivity contribution < 1.29 is 4.79 Å². The molecule has 2 aliphatic heterocycles. The zero-order chi connectivity index (χ0) is 11.5. The van der Waals surface area contributed by atoms with Gasteiger partial charge >= 0.3 is 6.03 Å². The van der Waals surface area contributed by atoms with Gasteiger partial charge in [0.05, 0.1) is 0 Å². The second-order valence-corrected chi connectivity index (χ2v) is 4.84. The van der Waals surface area contributed by atoms with Crippen molar-refractivity contribution in [2.75, 3.05) is 6.54 Å². The van der Waals surface area contributed by atoms with E-state index in [9.17, 15) is 4.79 Å². The van der Waals surface area contributed by atoms with E-state index in [0.717, 1.165) is 38.4 Å².